The quantitative estimate of drug-likeness (QED) is 0.202. The van der Waals surface area contributed by atoms with Gasteiger partial charge in [0, 0.05) is 23.8 Å². The van der Waals surface area contributed by atoms with Crippen molar-refractivity contribution in [3.63, 3.8) is 0 Å². The minimum absolute atomic E-state index is 0.106. The number of anilines is 2. The summed E-state index contributed by atoms with van der Waals surface area (Å²) < 4.78 is 0. The van der Waals surface area contributed by atoms with Crippen LogP contribution in [0.5, 0.6) is 0 Å². The van der Waals surface area contributed by atoms with E-state index < -0.39 is 0 Å². The molecule has 0 aliphatic carbocycles. The fraction of sp³-hybridized carbons (Fsp3) is 0.286. The van der Waals surface area contributed by atoms with E-state index in [1.54, 1.807) is 24.5 Å². The molecule has 0 radical (unpaired) electrons. The summed E-state index contributed by atoms with van der Waals surface area (Å²) in [5.41, 5.74) is 8.31. The van der Waals surface area contributed by atoms with Gasteiger partial charge >= 0.3 is 35.0 Å². The van der Waals surface area contributed by atoms with Crippen LogP contribution in [-0.2, 0) is 41.6 Å². The summed E-state index contributed by atoms with van der Waals surface area (Å²) in [7, 11) is 9.63. The average molecular weight is 624 g/mol. The van der Waals surface area contributed by atoms with Crippen molar-refractivity contribution in [1.29, 1.82) is 0 Å². The Morgan fingerprint density at radius 2 is 1.11 bits per heavy atom. The van der Waals surface area contributed by atoms with E-state index >= 15 is 0 Å². The Labute approximate surface area is 232 Å². The van der Waals surface area contributed by atoms with E-state index in [1.807, 2.05) is 0 Å². The molecular formula is C28H33Cl3N3Pd-. The van der Waals surface area contributed by atoms with Gasteiger partial charge in [-0.15, -0.1) is 6.67 Å². The molecule has 0 saturated carbocycles. The number of para-hydroxylation sites is 2. The van der Waals surface area contributed by atoms with Crippen LogP contribution in [0.25, 0.3) is 0 Å². The number of halogens is 3. The van der Waals surface area contributed by atoms with E-state index in [-0.39, 0.29) is 15.9 Å². The molecule has 0 fully saturated rings. The van der Waals surface area contributed by atoms with Gasteiger partial charge in [0.2, 0.25) is 0 Å². The first-order chi connectivity index (χ1) is 17.0. The Morgan fingerprint density at radius 1 is 0.714 bits per heavy atom. The molecule has 0 saturated heterocycles. The number of benzene rings is 2. The van der Waals surface area contributed by atoms with Crippen molar-refractivity contribution in [1.82, 2.24) is 4.98 Å². The van der Waals surface area contributed by atoms with Gasteiger partial charge in [-0.1, -0.05) is 75.7 Å². The van der Waals surface area contributed by atoms with E-state index in [2.05, 4.69) is 97.9 Å². The summed E-state index contributed by atoms with van der Waals surface area (Å²) >= 11 is 5.37. The Balaban J connectivity index is 0.000000361. The monoisotopic (exact) mass is 622 g/mol. The van der Waals surface area contributed by atoms with Crippen LogP contribution in [0.1, 0.15) is 49.9 Å². The fourth-order valence-electron chi connectivity index (χ4n) is 4.05. The van der Waals surface area contributed by atoms with E-state index in [0.717, 1.165) is 25.7 Å². The first kappa shape index (κ1) is 29.7. The van der Waals surface area contributed by atoms with E-state index in [0.29, 0.717) is 5.02 Å². The second-order valence-electron chi connectivity index (χ2n) is 7.71. The molecule has 0 N–H and O–H groups in total. The maximum absolute atomic E-state index is 5.48. The summed E-state index contributed by atoms with van der Waals surface area (Å²) in [5.74, 6) is 0. The molecule has 0 unspecified atom stereocenters. The van der Waals surface area contributed by atoms with Gasteiger partial charge in [0.1, 0.15) is 0 Å². The van der Waals surface area contributed by atoms with E-state index in [1.165, 1.54) is 33.6 Å². The van der Waals surface area contributed by atoms with Crippen molar-refractivity contribution in [2.24, 2.45) is 0 Å². The van der Waals surface area contributed by atoms with E-state index in [4.69, 9.17) is 30.7 Å². The first-order valence-corrected chi connectivity index (χ1v) is 16.1. The predicted molar refractivity (Wildman–Crippen MR) is 150 cm³/mol. The van der Waals surface area contributed by atoms with Crippen LogP contribution in [0.2, 0.25) is 5.02 Å². The molecule has 0 spiro atoms. The van der Waals surface area contributed by atoms with Crippen molar-refractivity contribution in [2.45, 2.75) is 53.4 Å². The van der Waals surface area contributed by atoms with Crippen LogP contribution in [-0.4, -0.2) is 4.98 Å². The van der Waals surface area contributed by atoms with Crippen LogP contribution in [0.4, 0.5) is 11.4 Å². The molecule has 2 heterocycles. The van der Waals surface area contributed by atoms with Crippen molar-refractivity contribution >= 4 is 42.0 Å². The minimum atomic E-state index is -0.106. The SMILES string of the molecule is CCc1cccc(CC)c1N1C=CN(c2c(CC)cccc2CC)[CH-]1.Clc1cccnc1.[Cl][Pd][Cl]. The molecule has 2 aromatic carbocycles. The molecule has 3 nitrogen and oxygen atoms in total. The number of nitrogens with zero attached hydrogens (tertiary/aromatic N) is 3. The second-order valence-corrected chi connectivity index (χ2v) is 10.5. The van der Waals surface area contributed by atoms with Gasteiger partial charge in [-0.3, -0.25) is 4.98 Å². The van der Waals surface area contributed by atoms with Crippen molar-refractivity contribution in [2.75, 3.05) is 9.80 Å². The Kier molecular flexibility index (Phi) is 13.8. The summed E-state index contributed by atoms with van der Waals surface area (Å²) in [6.45, 7) is 11.2. The zero-order chi connectivity index (χ0) is 25.6. The zero-order valence-corrected chi connectivity index (χ0v) is 24.4. The number of pyridine rings is 1. The standard InChI is InChI=1S/C23H29N2.C5H4ClN.2ClH.Pd/c1-5-18-11-9-12-19(6-2)22(18)24-15-16-25(17-24)23-20(7-3)13-10-14-21(23)8-4;6-5-2-1-3-7-4-5;;;/h9-17H,5-8H2,1-4H3;1-4H;2*1H;/q-1;;;;+2/p-2. The number of hydrogen-bond donors (Lipinski definition) is 0. The Morgan fingerprint density at radius 3 is 1.37 bits per heavy atom. The summed E-state index contributed by atoms with van der Waals surface area (Å²) in [6.07, 6.45) is 11.9. The molecule has 0 amide bonds. The molecule has 1 aromatic heterocycles. The molecule has 3 aromatic rings. The Hall–Kier alpha value is -1.54. The third-order valence-electron chi connectivity index (χ3n) is 5.71. The van der Waals surface area contributed by atoms with Crippen LogP contribution in [0.15, 0.2) is 73.3 Å². The fourth-order valence-corrected chi connectivity index (χ4v) is 4.18. The first-order valence-electron chi connectivity index (χ1n) is 11.7. The number of aromatic nitrogens is 1. The molecule has 1 aliphatic rings. The summed E-state index contributed by atoms with van der Waals surface area (Å²) in [6, 6.07) is 16.9. The van der Waals surface area contributed by atoms with Gasteiger partial charge in [0.25, 0.3) is 0 Å². The van der Waals surface area contributed by atoms with E-state index in [9.17, 15) is 0 Å². The number of aryl methyl sites for hydroxylation is 4. The average Bonchev–Trinajstić information content (AvgIpc) is 3.38. The molecular weight excluding hydrogens is 591 g/mol. The normalized spacial score (nSPS) is 12.2. The van der Waals surface area contributed by atoms with Crippen LogP contribution >= 0.6 is 30.7 Å². The maximum atomic E-state index is 5.48. The molecule has 0 atom stereocenters. The number of hydrogen-bond acceptors (Lipinski definition) is 3. The van der Waals surface area contributed by atoms with Crippen molar-refractivity contribution in [3.05, 3.63) is 107 Å². The van der Waals surface area contributed by atoms with Gasteiger partial charge in [-0.25, -0.2) is 0 Å². The second kappa shape index (κ2) is 16.3. The molecule has 35 heavy (non-hydrogen) atoms. The van der Waals surface area contributed by atoms with Crippen molar-refractivity contribution < 1.29 is 15.9 Å². The molecule has 192 valence electrons. The van der Waals surface area contributed by atoms with Crippen LogP contribution < -0.4 is 9.80 Å². The summed E-state index contributed by atoms with van der Waals surface area (Å²) in [5, 5.41) is 0.683. The molecule has 7 heteroatoms. The van der Waals surface area contributed by atoms with Gasteiger partial charge < -0.3 is 9.80 Å². The van der Waals surface area contributed by atoms with Crippen LogP contribution in [0.3, 0.4) is 0 Å². The van der Waals surface area contributed by atoms with Crippen LogP contribution in [0, 0.1) is 6.67 Å². The Bertz CT molecular complexity index is 953. The predicted octanol–water partition coefficient (Wildman–Crippen LogP) is 8.96. The van der Waals surface area contributed by atoms with Gasteiger partial charge in [-0.05, 0) is 72.5 Å². The zero-order valence-electron chi connectivity index (χ0n) is 20.6. The third kappa shape index (κ3) is 8.52. The topological polar surface area (TPSA) is 19.4 Å². The van der Waals surface area contributed by atoms with Gasteiger partial charge in [-0.2, -0.15) is 0 Å². The van der Waals surface area contributed by atoms with Gasteiger partial charge in [0.15, 0.2) is 0 Å². The third-order valence-corrected chi connectivity index (χ3v) is 5.93. The number of rotatable bonds is 6. The van der Waals surface area contributed by atoms with Gasteiger partial charge in [0.05, 0.1) is 5.02 Å². The molecule has 1 aliphatic heterocycles. The molecule has 0 bridgehead atoms. The van der Waals surface area contributed by atoms with Crippen molar-refractivity contribution in [3.8, 4) is 0 Å². The summed E-state index contributed by atoms with van der Waals surface area (Å²) in [4.78, 5) is 8.34. The molecule has 4 rings (SSSR count).